The number of anilines is 1. The predicted molar refractivity (Wildman–Crippen MR) is 68.5 cm³/mol. The van der Waals surface area contributed by atoms with Gasteiger partial charge in [-0.05, 0) is 19.1 Å². The largest absolute Gasteiger partial charge is 0.365 e. The molecule has 3 aliphatic heterocycles. The number of carbonyl (C=O) groups is 2. The fraction of sp³-hybridized carbons (Fsp3) is 0.333. The minimum atomic E-state index is -0.330. The highest BCUT2D eigenvalue weighted by atomic mass is 16.5. The van der Waals surface area contributed by atoms with Gasteiger partial charge in [0.1, 0.15) is 0 Å². The van der Waals surface area contributed by atoms with Gasteiger partial charge in [-0.3, -0.25) is 9.59 Å². The lowest BCUT2D eigenvalue weighted by molar-refractivity contribution is -0.124. The molecule has 0 spiro atoms. The third-order valence-electron chi connectivity index (χ3n) is 4.20. The Hall–Kier alpha value is -1.94. The summed E-state index contributed by atoms with van der Waals surface area (Å²) in [6.45, 7) is 1.98. The molecule has 2 saturated heterocycles. The molecule has 2 amide bonds. The molecular weight excluding hydrogens is 242 g/mol. The van der Waals surface area contributed by atoms with Crippen LogP contribution in [0.15, 0.2) is 36.4 Å². The van der Waals surface area contributed by atoms with E-state index in [-0.39, 0.29) is 35.9 Å². The van der Waals surface area contributed by atoms with Gasteiger partial charge in [0.05, 0.1) is 29.7 Å². The van der Waals surface area contributed by atoms with E-state index in [1.165, 1.54) is 4.90 Å². The molecule has 3 heterocycles. The molecule has 2 fully saturated rings. The molecule has 0 saturated carbocycles. The molecular formula is C15H13NO3. The monoisotopic (exact) mass is 255 g/mol. The summed E-state index contributed by atoms with van der Waals surface area (Å²) in [4.78, 5) is 26.3. The van der Waals surface area contributed by atoms with Crippen LogP contribution in [0.25, 0.3) is 0 Å². The molecule has 2 unspecified atom stereocenters. The molecule has 1 aromatic carbocycles. The third-order valence-corrected chi connectivity index (χ3v) is 4.20. The maximum absolute atomic E-state index is 12.5. The van der Waals surface area contributed by atoms with Gasteiger partial charge in [0, 0.05) is 0 Å². The lowest BCUT2D eigenvalue weighted by atomic mass is 9.85. The third kappa shape index (κ3) is 1.32. The summed E-state index contributed by atoms with van der Waals surface area (Å²) in [7, 11) is 0. The van der Waals surface area contributed by atoms with Gasteiger partial charge in [0.15, 0.2) is 0 Å². The van der Waals surface area contributed by atoms with E-state index in [0.717, 1.165) is 5.56 Å². The molecule has 3 aliphatic rings. The van der Waals surface area contributed by atoms with E-state index in [2.05, 4.69) is 0 Å². The van der Waals surface area contributed by atoms with Crippen molar-refractivity contribution in [3.05, 3.63) is 42.0 Å². The second-order valence-corrected chi connectivity index (χ2v) is 5.35. The molecule has 1 aromatic rings. The van der Waals surface area contributed by atoms with Crippen LogP contribution in [-0.2, 0) is 14.3 Å². The van der Waals surface area contributed by atoms with Crippen molar-refractivity contribution in [1.29, 1.82) is 0 Å². The number of carbonyl (C=O) groups excluding carboxylic acids is 2. The van der Waals surface area contributed by atoms with Crippen LogP contribution in [0.2, 0.25) is 0 Å². The van der Waals surface area contributed by atoms with Gasteiger partial charge < -0.3 is 4.74 Å². The summed E-state index contributed by atoms with van der Waals surface area (Å²) in [5, 5.41) is 0. The smallest absolute Gasteiger partial charge is 0.240 e. The number of amides is 2. The Morgan fingerprint density at radius 2 is 1.47 bits per heavy atom. The summed E-state index contributed by atoms with van der Waals surface area (Å²) >= 11 is 0. The van der Waals surface area contributed by atoms with Gasteiger partial charge in [0.2, 0.25) is 11.8 Å². The van der Waals surface area contributed by atoms with Crippen molar-refractivity contribution in [1.82, 2.24) is 0 Å². The fourth-order valence-electron chi connectivity index (χ4n) is 3.25. The predicted octanol–water partition coefficient (Wildman–Crippen LogP) is 1.44. The summed E-state index contributed by atoms with van der Waals surface area (Å²) in [6, 6.07) is 7.46. The summed E-state index contributed by atoms with van der Waals surface area (Å²) in [5.74, 6) is -0.918. The van der Waals surface area contributed by atoms with Crippen molar-refractivity contribution in [3.8, 4) is 0 Å². The van der Waals surface area contributed by atoms with Crippen molar-refractivity contribution >= 4 is 17.5 Å². The van der Waals surface area contributed by atoms with E-state index in [0.29, 0.717) is 5.69 Å². The van der Waals surface area contributed by atoms with Crippen molar-refractivity contribution < 1.29 is 14.3 Å². The highest BCUT2D eigenvalue weighted by Crippen LogP contribution is 2.46. The topological polar surface area (TPSA) is 46.6 Å². The Morgan fingerprint density at radius 3 is 2.00 bits per heavy atom. The molecule has 0 aromatic heterocycles. The normalized spacial score (nSPS) is 35.3. The van der Waals surface area contributed by atoms with E-state index in [1.54, 1.807) is 0 Å². The Labute approximate surface area is 110 Å². The molecule has 19 heavy (non-hydrogen) atoms. The average molecular weight is 255 g/mol. The minimum Gasteiger partial charge on any atom is -0.365 e. The maximum Gasteiger partial charge on any atom is 0.240 e. The zero-order chi connectivity index (χ0) is 13.1. The molecule has 2 bridgehead atoms. The SMILES string of the molecule is Cc1ccc(N2C(=O)[C@@H]3C4C=CC(O4)[C@@H]3C2=O)cc1. The van der Waals surface area contributed by atoms with Crippen molar-refractivity contribution in [3.63, 3.8) is 0 Å². The number of aryl methyl sites for hydroxylation is 1. The zero-order valence-electron chi connectivity index (χ0n) is 10.4. The number of ether oxygens (including phenoxy) is 1. The summed E-state index contributed by atoms with van der Waals surface area (Å²) < 4.78 is 5.60. The van der Waals surface area contributed by atoms with Crippen LogP contribution in [0.3, 0.4) is 0 Å². The van der Waals surface area contributed by atoms with Gasteiger partial charge in [-0.25, -0.2) is 4.90 Å². The Bertz CT molecular complexity index is 574. The number of fused-ring (bicyclic) bond motifs is 5. The molecule has 0 N–H and O–H groups in total. The van der Waals surface area contributed by atoms with E-state index >= 15 is 0 Å². The van der Waals surface area contributed by atoms with E-state index < -0.39 is 0 Å². The fourth-order valence-corrected chi connectivity index (χ4v) is 3.25. The first-order valence-electron chi connectivity index (χ1n) is 6.45. The van der Waals surface area contributed by atoms with Gasteiger partial charge in [-0.2, -0.15) is 0 Å². The maximum atomic E-state index is 12.5. The van der Waals surface area contributed by atoms with Crippen molar-refractivity contribution in [2.75, 3.05) is 4.90 Å². The number of hydrogen-bond donors (Lipinski definition) is 0. The second kappa shape index (κ2) is 3.54. The highest BCUT2D eigenvalue weighted by Gasteiger charge is 2.60. The quantitative estimate of drug-likeness (QED) is 0.563. The molecule has 0 aliphatic carbocycles. The van der Waals surface area contributed by atoms with Crippen LogP contribution in [0.1, 0.15) is 5.56 Å². The lowest BCUT2D eigenvalue weighted by Gasteiger charge is -2.17. The summed E-state index contributed by atoms with van der Waals surface area (Å²) in [6.07, 6.45) is 3.36. The number of hydrogen-bond acceptors (Lipinski definition) is 3. The van der Waals surface area contributed by atoms with Crippen LogP contribution >= 0.6 is 0 Å². The second-order valence-electron chi connectivity index (χ2n) is 5.35. The number of nitrogens with zero attached hydrogens (tertiary/aromatic N) is 1. The van der Waals surface area contributed by atoms with Crippen LogP contribution in [0.5, 0.6) is 0 Å². The average Bonchev–Trinajstić information content (AvgIpc) is 3.06. The Kier molecular flexibility index (Phi) is 2.04. The van der Waals surface area contributed by atoms with Gasteiger partial charge in [-0.15, -0.1) is 0 Å². The molecule has 0 radical (unpaired) electrons. The first-order valence-corrected chi connectivity index (χ1v) is 6.45. The van der Waals surface area contributed by atoms with E-state index in [4.69, 9.17) is 4.74 Å². The minimum absolute atomic E-state index is 0.129. The Morgan fingerprint density at radius 1 is 0.947 bits per heavy atom. The first-order chi connectivity index (χ1) is 9.16. The number of benzene rings is 1. The van der Waals surface area contributed by atoms with Gasteiger partial charge in [-0.1, -0.05) is 29.8 Å². The summed E-state index contributed by atoms with van der Waals surface area (Å²) in [5.41, 5.74) is 1.77. The van der Waals surface area contributed by atoms with Crippen LogP contribution in [0, 0.1) is 18.8 Å². The molecule has 96 valence electrons. The van der Waals surface area contributed by atoms with Crippen LogP contribution in [0.4, 0.5) is 5.69 Å². The molecule has 4 rings (SSSR count). The van der Waals surface area contributed by atoms with E-state index in [1.807, 2.05) is 43.3 Å². The first kappa shape index (κ1) is 10.9. The molecule has 4 atom stereocenters. The van der Waals surface area contributed by atoms with Crippen molar-refractivity contribution in [2.24, 2.45) is 11.8 Å². The van der Waals surface area contributed by atoms with E-state index in [9.17, 15) is 9.59 Å². The Balaban J connectivity index is 1.74. The lowest BCUT2D eigenvalue weighted by Crippen LogP contribution is -2.34. The van der Waals surface area contributed by atoms with Gasteiger partial charge >= 0.3 is 0 Å². The highest BCUT2D eigenvalue weighted by molar-refractivity contribution is 6.23. The standard InChI is InChI=1S/C15H13NO3/c1-8-2-4-9(5-3-8)16-14(17)12-10-6-7-11(19-10)13(12)15(16)18/h2-7,10-13H,1H3/t10?,11?,12-,13+. The van der Waals surface area contributed by atoms with Crippen molar-refractivity contribution in [2.45, 2.75) is 19.1 Å². The number of rotatable bonds is 1. The van der Waals surface area contributed by atoms with Crippen LogP contribution < -0.4 is 4.90 Å². The number of imide groups is 1. The molecule has 4 nitrogen and oxygen atoms in total. The molecule has 4 heteroatoms. The van der Waals surface area contributed by atoms with Crippen LogP contribution in [-0.4, -0.2) is 24.0 Å². The van der Waals surface area contributed by atoms with Gasteiger partial charge in [0.25, 0.3) is 0 Å². The zero-order valence-corrected chi connectivity index (χ0v) is 10.4.